The van der Waals surface area contributed by atoms with Gasteiger partial charge in [-0.05, 0) is 51.9 Å². The molecule has 1 aromatic carbocycles. The van der Waals surface area contributed by atoms with Gasteiger partial charge < -0.3 is 10.5 Å². The number of ether oxygens (including phenoxy) is 1. The van der Waals surface area contributed by atoms with E-state index in [0.717, 1.165) is 12.2 Å². The van der Waals surface area contributed by atoms with Crippen LogP contribution in [0.4, 0.5) is 0 Å². The minimum atomic E-state index is 0.207. The monoisotopic (exact) mass is 264 g/mol. The lowest BCUT2D eigenvalue weighted by atomic mass is 10.0. The molecule has 0 amide bonds. The largest absolute Gasteiger partial charge is 0.491 e. The molecule has 1 aromatic rings. The number of hydrogen-bond donors (Lipinski definition) is 1. The quantitative estimate of drug-likeness (QED) is 0.822. The van der Waals surface area contributed by atoms with Gasteiger partial charge in [-0.2, -0.15) is 0 Å². The van der Waals surface area contributed by atoms with Crippen LogP contribution in [-0.4, -0.2) is 30.6 Å². The number of rotatable bonds is 7. The average molecular weight is 264 g/mol. The van der Waals surface area contributed by atoms with Gasteiger partial charge in [0.25, 0.3) is 0 Å². The zero-order chi connectivity index (χ0) is 14.4. The molecular weight excluding hydrogens is 236 g/mol. The summed E-state index contributed by atoms with van der Waals surface area (Å²) in [4.78, 5) is 2.35. The van der Waals surface area contributed by atoms with E-state index in [2.05, 4.69) is 37.9 Å². The number of nitrogens with zero attached hydrogens (tertiary/aromatic N) is 1. The Balaban J connectivity index is 2.81. The Labute approximate surface area is 117 Å². The van der Waals surface area contributed by atoms with Crippen LogP contribution in [-0.2, 0) is 0 Å². The van der Waals surface area contributed by atoms with Gasteiger partial charge in [0.15, 0.2) is 0 Å². The first kappa shape index (κ1) is 16.0. The molecule has 0 radical (unpaired) electrons. The predicted octanol–water partition coefficient (Wildman–Crippen LogP) is 3.20. The maximum Gasteiger partial charge on any atom is 0.119 e. The smallest absolute Gasteiger partial charge is 0.119 e. The van der Waals surface area contributed by atoms with Gasteiger partial charge in [-0.3, -0.25) is 4.90 Å². The molecule has 2 atom stereocenters. The second-order valence-corrected chi connectivity index (χ2v) is 5.41. The van der Waals surface area contributed by atoms with Gasteiger partial charge in [0.1, 0.15) is 5.75 Å². The van der Waals surface area contributed by atoms with E-state index >= 15 is 0 Å². The van der Waals surface area contributed by atoms with Crippen LogP contribution < -0.4 is 10.5 Å². The minimum absolute atomic E-state index is 0.207. The van der Waals surface area contributed by atoms with E-state index in [1.54, 1.807) is 0 Å². The van der Waals surface area contributed by atoms with Gasteiger partial charge in [-0.25, -0.2) is 0 Å². The van der Waals surface area contributed by atoms with Crippen molar-refractivity contribution in [3.05, 3.63) is 29.8 Å². The molecule has 3 nitrogen and oxygen atoms in total. The molecule has 0 aromatic heterocycles. The standard InChI is InChI=1S/C16H28N2O/c1-6-13(4)18(5)16(11-17)14-7-9-15(10-8-14)19-12(2)3/h7-10,12-13,16H,6,11,17H2,1-5H3. The highest BCUT2D eigenvalue weighted by molar-refractivity contribution is 5.29. The van der Waals surface area contributed by atoms with Crippen LogP contribution in [0.1, 0.15) is 45.7 Å². The summed E-state index contributed by atoms with van der Waals surface area (Å²) in [5, 5.41) is 0. The number of hydrogen-bond acceptors (Lipinski definition) is 3. The summed E-state index contributed by atoms with van der Waals surface area (Å²) in [6.45, 7) is 9.14. The number of likely N-dealkylation sites (N-methyl/N-ethyl adjacent to an activating group) is 1. The molecule has 2 unspecified atom stereocenters. The maximum absolute atomic E-state index is 5.94. The molecule has 0 fully saturated rings. The molecule has 0 aliphatic carbocycles. The zero-order valence-corrected chi connectivity index (χ0v) is 12.9. The van der Waals surface area contributed by atoms with E-state index in [-0.39, 0.29) is 12.1 Å². The van der Waals surface area contributed by atoms with Crippen LogP contribution >= 0.6 is 0 Å². The molecule has 19 heavy (non-hydrogen) atoms. The molecular formula is C16H28N2O. The van der Waals surface area contributed by atoms with Crippen molar-refractivity contribution in [3.63, 3.8) is 0 Å². The average Bonchev–Trinajstić information content (AvgIpc) is 2.39. The second kappa shape index (κ2) is 7.51. The van der Waals surface area contributed by atoms with Crippen LogP contribution in [0.3, 0.4) is 0 Å². The predicted molar refractivity (Wildman–Crippen MR) is 81.5 cm³/mol. The van der Waals surface area contributed by atoms with Gasteiger partial charge in [0.2, 0.25) is 0 Å². The van der Waals surface area contributed by atoms with E-state index in [1.807, 2.05) is 26.0 Å². The van der Waals surface area contributed by atoms with Crippen LogP contribution in [0.5, 0.6) is 5.75 Å². The van der Waals surface area contributed by atoms with E-state index in [9.17, 15) is 0 Å². The SMILES string of the molecule is CCC(C)N(C)C(CN)c1ccc(OC(C)C)cc1. The van der Waals surface area contributed by atoms with Crippen molar-refractivity contribution in [3.8, 4) is 5.75 Å². The zero-order valence-electron chi connectivity index (χ0n) is 12.9. The molecule has 0 bridgehead atoms. The van der Waals surface area contributed by atoms with Gasteiger partial charge in [0, 0.05) is 18.6 Å². The lowest BCUT2D eigenvalue weighted by Crippen LogP contribution is -2.36. The second-order valence-electron chi connectivity index (χ2n) is 5.41. The molecule has 3 heteroatoms. The van der Waals surface area contributed by atoms with Crippen molar-refractivity contribution in [1.82, 2.24) is 4.90 Å². The fourth-order valence-electron chi connectivity index (χ4n) is 2.17. The third-order valence-electron chi connectivity index (χ3n) is 3.64. The van der Waals surface area contributed by atoms with Crippen LogP contribution in [0.25, 0.3) is 0 Å². The molecule has 0 saturated carbocycles. The molecule has 1 rings (SSSR count). The van der Waals surface area contributed by atoms with Crippen molar-refractivity contribution < 1.29 is 4.74 Å². The molecule has 0 saturated heterocycles. The summed E-state index contributed by atoms with van der Waals surface area (Å²) in [7, 11) is 2.14. The fourth-order valence-corrected chi connectivity index (χ4v) is 2.17. The lowest BCUT2D eigenvalue weighted by molar-refractivity contribution is 0.184. The lowest BCUT2D eigenvalue weighted by Gasteiger charge is -2.32. The summed E-state index contributed by atoms with van der Waals surface area (Å²) >= 11 is 0. The fraction of sp³-hybridized carbons (Fsp3) is 0.625. The molecule has 2 N–H and O–H groups in total. The van der Waals surface area contributed by atoms with Crippen molar-refractivity contribution in [1.29, 1.82) is 0 Å². The van der Waals surface area contributed by atoms with E-state index in [1.165, 1.54) is 5.56 Å². The van der Waals surface area contributed by atoms with E-state index in [0.29, 0.717) is 12.6 Å². The highest BCUT2D eigenvalue weighted by Gasteiger charge is 2.19. The summed E-state index contributed by atoms with van der Waals surface area (Å²) in [6.07, 6.45) is 1.33. The number of nitrogens with two attached hydrogens (primary N) is 1. The molecule has 0 aliphatic rings. The van der Waals surface area contributed by atoms with E-state index < -0.39 is 0 Å². The van der Waals surface area contributed by atoms with Gasteiger partial charge in [-0.15, -0.1) is 0 Å². The molecule has 0 aliphatic heterocycles. The first-order valence-electron chi connectivity index (χ1n) is 7.18. The summed E-state index contributed by atoms with van der Waals surface area (Å²) in [5.74, 6) is 0.917. The van der Waals surface area contributed by atoms with Crippen LogP contribution in [0.2, 0.25) is 0 Å². The normalized spacial score (nSPS) is 14.7. The summed E-state index contributed by atoms with van der Waals surface area (Å²) in [6, 6.07) is 9.09. The van der Waals surface area contributed by atoms with Gasteiger partial charge in [-0.1, -0.05) is 19.1 Å². The van der Waals surface area contributed by atoms with Crippen LogP contribution in [0, 0.1) is 0 Å². The Kier molecular flexibility index (Phi) is 6.32. The van der Waals surface area contributed by atoms with Crippen molar-refractivity contribution in [2.75, 3.05) is 13.6 Å². The Morgan fingerprint density at radius 2 is 1.74 bits per heavy atom. The Bertz CT molecular complexity index is 362. The van der Waals surface area contributed by atoms with Crippen molar-refractivity contribution >= 4 is 0 Å². The van der Waals surface area contributed by atoms with Gasteiger partial charge >= 0.3 is 0 Å². The Hall–Kier alpha value is -1.06. The Morgan fingerprint density at radius 3 is 2.16 bits per heavy atom. The highest BCUT2D eigenvalue weighted by Crippen LogP contribution is 2.24. The highest BCUT2D eigenvalue weighted by atomic mass is 16.5. The van der Waals surface area contributed by atoms with E-state index in [4.69, 9.17) is 10.5 Å². The molecule has 0 heterocycles. The third kappa shape index (κ3) is 4.51. The first-order valence-corrected chi connectivity index (χ1v) is 7.18. The maximum atomic E-state index is 5.94. The van der Waals surface area contributed by atoms with Crippen LogP contribution in [0.15, 0.2) is 24.3 Å². The minimum Gasteiger partial charge on any atom is -0.491 e. The molecule has 0 spiro atoms. The molecule has 108 valence electrons. The van der Waals surface area contributed by atoms with Crippen molar-refractivity contribution in [2.45, 2.75) is 52.3 Å². The number of benzene rings is 1. The topological polar surface area (TPSA) is 38.5 Å². The first-order chi connectivity index (χ1) is 8.99. The summed E-state index contributed by atoms with van der Waals surface area (Å²) in [5.41, 5.74) is 7.20. The third-order valence-corrected chi connectivity index (χ3v) is 3.64. The summed E-state index contributed by atoms with van der Waals surface area (Å²) < 4.78 is 5.67. The Morgan fingerprint density at radius 1 is 1.16 bits per heavy atom. The van der Waals surface area contributed by atoms with Gasteiger partial charge in [0.05, 0.1) is 6.10 Å². The van der Waals surface area contributed by atoms with Crippen molar-refractivity contribution in [2.24, 2.45) is 5.73 Å².